The topological polar surface area (TPSA) is 128 Å². The first-order chi connectivity index (χ1) is 17.4. The summed E-state index contributed by atoms with van der Waals surface area (Å²) in [6.45, 7) is 18.2. The second-order valence-corrected chi connectivity index (χ2v) is 11.7. The Bertz CT molecular complexity index is 979. The van der Waals surface area contributed by atoms with Crippen molar-refractivity contribution >= 4 is 23.9 Å². The maximum atomic E-state index is 12.7. The van der Waals surface area contributed by atoms with E-state index in [1.54, 1.807) is 47.6 Å². The molecule has 1 aromatic rings. The Hall–Kier alpha value is -2.94. The van der Waals surface area contributed by atoms with E-state index in [-0.39, 0.29) is 48.2 Å². The first-order valence-electron chi connectivity index (χ1n) is 13.2. The minimum Gasteiger partial charge on any atom is -0.480 e. The highest BCUT2D eigenvalue weighted by molar-refractivity contribution is 5.79. The van der Waals surface area contributed by atoms with Crippen LogP contribution in [0, 0.1) is 29.1 Å². The molecule has 0 saturated carbocycles. The van der Waals surface area contributed by atoms with Crippen molar-refractivity contribution < 1.29 is 38.5 Å². The molecule has 1 aromatic carbocycles. The second kappa shape index (κ2) is 14.3. The number of ether oxygens (including phenoxy) is 3. The fourth-order valence-corrected chi connectivity index (χ4v) is 2.98. The molecule has 0 spiro atoms. The molecular formula is C29H45NO8. The van der Waals surface area contributed by atoms with Crippen molar-refractivity contribution in [3.63, 3.8) is 0 Å². The molecule has 0 aliphatic rings. The number of carbonyl (C=O) groups excluding carboxylic acids is 3. The SMILES string of the molecule is CC(CN[C@@H](Cc1ccc(OC(=O)C(C)C(C)C)c(OC(=O)C(C)C(C)C)c1)C(=O)O)OC(=O)C(C)(C)C. The van der Waals surface area contributed by atoms with Gasteiger partial charge in [0.15, 0.2) is 11.5 Å². The summed E-state index contributed by atoms with van der Waals surface area (Å²) in [6.07, 6.45) is -0.488. The molecule has 0 aromatic heterocycles. The van der Waals surface area contributed by atoms with Crippen LogP contribution in [0.3, 0.4) is 0 Å². The highest BCUT2D eigenvalue weighted by Crippen LogP contribution is 2.31. The van der Waals surface area contributed by atoms with Gasteiger partial charge in [0, 0.05) is 6.54 Å². The van der Waals surface area contributed by atoms with Gasteiger partial charge in [-0.25, -0.2) is 0 Å². The van der Waals surface area contributed by atoms with Crippen molar-refractivity contribution in [2.45, 2.75) is 87.8 Å². The van der Waals surface area contributed by atoms with Crippen molar-refractivity contribution in [3.05, 3.63) is 23.8 Å². The summed E-state index contributed by atoms with van der Waals surface area (Å²) < 4.78 is 16.6. The van der Waals surface area contributed by atoms with Gasteiger partial charge < -0.3 is 24.6 Å². The van der Waals surface area contributed by atoms with E-state index in [0.29, 0.717) is 5.56 Å². The van der Waals surface area contributed by atoms with Crippen molar-refractivity contribution in [1.29, 1.82) is 0 Å². The Balaban J connectivity index is 3.13. The molecule has 0 radical (unpaired) electrons. The lowest BCUT2D eigenvalue weighted by Crippen LogP contribution is -2.43. The van der Waals surface area contributed by atoms with Gasteiger partial charge in [0.2, 0.25) is 0 Å². The van der Waals surface area contributed by atoms with E-state index in [2.05, 4.69) is 5.32 Å². The monoisotopic (exact) mass is 535 g/mol. The Morgan fingerprint density at radius 1 is 0.842 bits per heavy atom. The largest absolute Gasteiger partial charge is 0.480 e. The average molecular weight is 536 g/mol. The molecule has 2 N–H and O–H groups in total. The summed E-state index contributed by atoms with van der Waals surface area (Å²) in [5, 5.41) is 12.7. The Labute approximate surface area is 226 Å². The summed E-state index contributed by atoms with van der Waals surface area (Å²) in [6, 6.07) is 3.66. The predicted molar refractivity (Wildman–Crippen MR) is 144 cm³/mol. The molecular weight excluding hydrogens is 490 g/mol. The maximum Gasteiger partial charge on any atom is 0.321 e. The molecule has 0 amide bonds. The van der Waals surface area contributed by atoms with Crippen molar-refractivity contribution in [1.82, 2.24) is 5.32 Å². The van der Waals surface area contributed by atoms with E-state index in [1.807, 2.05) is 27.7 Å². The number of aliphatic carboxylic acids is 1. The summed E-state index contributed by atoms with van der Waals surface area (Å²) >= 11 is 0. The minimum absolute atomic E-state index is 0.0348. The minimum atomic E-state index is -1.09. The van der Waals surface area contributed by atoms with Crippen LogP contribution in [-0.4, -0.2) is 47.7 Å². The van der Waals surface area contributed by atoms with Gasteiger partial charge in [0.25, 0.3) is 0 Å². The van der Waals surface area contributed by atoms with Gasteiger partial charge in [-0.2, -0.15) is 0 Å². The number of benzene rings is 1. The molecule has 0 aliphatic heterocycles. The van der Waals surface area contributed by atoms with Crippen molar-refractivity contribution in [2.24, 2.45) is 29.1 Å². The van der Waals surface area contributed by atoms with Gasteiger partial charge >= 0.3 is 23.9 Å². The third-order valence-electron chi connectivity index (χ3n) is 6.48. The normalized spacial score (nSPS) is 14.9. The van der Waals surface area contributed by atoms with Gasteiger partial charge in [0.1, 0.15) is 12.1 Å². The maximum absolute atomic E-state index is 12.7. The van der Waals surface area contributed by atoms with Crippen LogP contribution in [0.4, 0.5) is 0 Å². The van der Waals surface area contributed by atoms with Gasteiger partial charge in [-0.05, 0) is 63.6 Å². The summed E-state index contributed by atoms with van der Waals surface area (Å²) in [4.78, 5) is 49.3. The summed E-state index contributed by atoms with van der Waals surface area (Å²) in [5.41, 5.74) is -0.111. The Morgan fingerprint density at radius 2 is 1.34 bits per heavy atom. The van der Waals surface area contributed by atoms with Crippen LogP contribution in [-0.2, 0) is 30.3 Å². The van der Waals surface area contributed by atoms with E-state index in [1.165, 1.54) is 12.1 Å². The van der Waals surface area contributed by atoms with Crippen LogP contribution in [0.5, 0.6) is 11.5 Å². The van der Waals surface area contributed by atoms with E-state index in [4.69, 9.17) is 14.2 Å². The third-order valence-corrected chi connectivity index (χ3v) is 6.48. The van der Waals surface area contributed by atoms with Gasteiger partial charge in [-0.15, -0.1) is 0 Å². The molecule has 214 valence electrons. The number of hydrogen-bond acceptors (Lipinski definition) is 8. The molecule has 1 rings (SSSR count). The highest BCUT2D eigenvalue weighted by atomic mass is 16.6. The Morgan fingerprint density at radius 3 is 1.79 bits per heavy atom. The number of nitrogens with one attached hydrogen (secondary N) is 1. The molecule has 0 aliphatic carbocycles. The molecule has 0 bridgehead atoms. The molecule has 0 saturated heterocycles. The van der Waals surface area contributed by atoms with Crippen LogP contribution in [0.2, 0.25) is 0 Å². The van der Waals surface area contributed by atoms with Crippen LogP contribution in [0.25, 0.3) is 0 Å². The van der Waals surface area contributed by atoms with Crippen LogP contribution in [0.1, 0.15) is 74.8 Å². The summed E-state index contributed by atoms with van der Waals surface area (Å²) in [7, 11) is 0. The zero-order chi connectivity index (χ0) is 29.4. The fraction of sp³-hybridized carbons (Fsp3) is 0.655. The average Bonchev–Trinajstić information content (AvgIpc) is 2.80. The molecule has 3 unspecified atom stereocenters. The van der Waals surface area contributed by atoms with E-state index in [9.17, 15) is 24.3 Å². The zero-order valence-electron chi connectivity index (χ0n) is 24.4. The van der Waals surface area contributed by atoms with E-state index < -0.39 is 41.4 Å². The standard InChI is InChI=1S/C29H45NO8/c1-16(2)19(6)26(33)37-23-12-11-21(14-24(23)38-27(34)20(7)17(3)4)13-22(25(31)32)30-15-18(5)36-28(35)29(8,9)10/h11-12,14,16-20,22,30H,13,15H2,1-10H3,(H,31,32)/t18?,19?,20?,22-/m0/s1. The number of rotatable bonds is 13. The molecule has 9 nitrogen and oxygen atoms in total. The number of hydrogen-bond donors (Lipinski definition) is 2. The zero-order valence-corrected chi connectivity index (χ0v) is 24.4. The lowest BCUT2D eigenvalue weighted by Gasteiger charge is -2.23. The lowest BCUT2D eigenvalue weighted by molar-refractivity contribution is -0.157. The molecule has 0 heterocycles. The first-order valence-corrected chi connectivity index (χ1v) is 13.2. The molecule has 4 atom stereocenters. The highest BCUT2D eigenvalue weighted by Gasteiger charge is 2.27. The van der Waals surface area contributed by atoms with Gasteiger partial charge in [-0.1, -0.05) is 47.6 Å². The quantitative estimate of drug-likeness (QED) is 0.274. The molecule has 9 heteroatoms. The first kappa shape index (κ1) is 33.1. The smallest absolute Gasteiger partial charge is 0.321 e. The van der Waals surface area contributed by atoms with Gasteiger partial charge in [0.05, 0.1) is 17.3 Å². The molecule has 0 fully saturated rings. The van der Waals surface area contributed by atoms with Crippen LogP contribution >= 0.6 is 0 Å². The Kier molecular flexibility index (Phi) is 12.4. The van der Waals surface area contributed by atoms with Crippen LogP contribution < -0.4 is 14.8 Å². The summed E-state index contributed by atoms with van der Waals surface area (Å²) in [5.74, 6) is -2.93. The number of carbonyl (C=O) groups is 4. The second-order valence-electron chi connectivity index (χ2n) is 11.7. The van der Waals surface area contributed by atoms with Crippen LogP contribution in [0.15, 0.2) is 18.2 Å². The number of esters is 3. The lowest BCUT2D eigenvalue weighted by atomic mass is 9.97. The van der Waals surface area contributed by atoms with Gasteiger partial charge in [-0.3, -0.25) is 19.2 Å². The van der Waals surface area contributed by atoms with Crippen molar-refractivity contribution in [2.75, 3.05) is 6.54 Å². The van der Waals surface area contributed by atoms with Crippen molar-refractivity contribution in [3.8, 4) is 11.5 Å². The predicted octanol–water partition coefficient (Wildman–Crippen LogP) is 4.64. The number of carboxylic acid groups (broad SMARTS) is 1. The van der Waals surface area contributed by atoms with E-state index >= 15 is 0 Å². The number of carboxylic acids is 1. The molecule has 38 heavy (non-hydrogen) atoms. The third kappa shape index (κ3) is 10.4. The van der Waals surface area contributed by atoms with E-state index in [0.717, 1.165) is 0 Å². The fourth-order valence-electron chi connectivity index (χ4n) is 2.98.